The van der Waals surface area contributed by atoms with E-state index < -0.39 is 42.3 Å². The number of rotatable bonds is 7. The maximum atomic E-state index is 13.7. The first-order chi connectivity index (χ1) is 18.1. The van der Waals surface area contributed by atoms with Crippen LogP contribution < -0.4 is 15.0 Å². The number of hydrogen-bond donors (Lipinski definition) is 1. The van der Waals surface area contributed by atoms with Crippen LogP contribution in [0.15, 0.2) is 66.9 Å². The molecule has 0 saturated carbocycles. The molecule has 12 heteroatoms. The van der Waals surface area contributed by atoms with E-state index in [1.165, 1.54) is 23.1 Å². The second-order valence-corrected chi connectivity index (χ2v) is 10.1. The molecule has 2 heterocycles. The fourth-order valence-corrected chi connectivity index (χ4v) is 4.62. The number of alkyl halides is 6. The van der Waals surface area contributed by atoms with Crippen LogP contribution in [-0.2, 0) is 16.5 Å². The molecular weight excluding hydrogens is 548 g/mol. The third kappa shape index (κ3) is 6.83. The number of hydrogen-bond acceptors (Lipinski definition) is 4. The molecule has 0 unspecified atom stereocenters. The number of carbonyl (C=O) groups is 1. The van der Waals surface area contributed by atoms with Gasteiger partial charge in [0.2, 0.25) is 5.91 Å². The molecule has 1 aromatic heterocycles. The Labute approximate surface area is 225 Å². The number of pyridine rings is 1. The van der Waals surface area contributed by atoms with E-state index in [1.807, 2.05) is 0 Å². The van der Waals surface area contributed by atoms with Crippen molar-refractivity contribution in [1.29, 1.82) is 0 Å². The van der Waals surface area contributed by atoms with E-state index in [1.54, 1.807) is 50.2 Å². The van der Waals surface area contributed by atoms with Gasteiger partial charge in [-0.15, -0.1) is 0 Å². The van der Waals surface area contributed by atoms with Gasteiger partial charge in [-0.1, -0.05) is 29.8 Å². The smallest absolute Gasteiger partial charge is 0.433 e. The number of halogens is 7. The van der Waals surface area contributed by atoms with E-state index in [2.05, 4.69) is 10.3 Å². The average molecular weight is 572 g/mol. The van der Waals surface area contributed by atoms with Crippen LogP contribution in [0.1, 0.15) is 43.1 Å². The van der Waals surface area contributed by atoms with Crippen LogP contribution >= 0.6 is 11.6 Å². The molecule has 0 radical (unpaired) electrons. The molecule has 4 rings (SSSR count). The molecule has 5 nitrogen and oxygen atoms in total. The summed E-state index contributed by atoms with van der Waals surface area (Å²) in [7, 11) is 0. The number of nitrogens with one attached hydrogen (secondary N) is 1. The minimum Gasteiger partial charge on any atom is -0.484 e. The molecule has 39 heavy (non-hydrogen) atoms. The molecule has 0 spiro atoms. The van der Waals surface area contributed by atoms with Crippen LogP contribution in [0.3, 0.4) is 0 Å². The molecule has 1 N–H and O–H groups in total. The van der Waals surface area contributed by atoms with Gasteiger partial charge in [-0.2, -0.15) is 26.3 Å². The molecule has 1 aliphatic heterocycles. The van der Waals surface area contributed by atoms with Crippen molar-refractivity contribution in [2.45, 2.75) is 50.2 Å². The quantitative estimate of drug-likeness (QED) is 0.308. The summed E-state index contributed by atoms with van der Waals surface area (Å²) in [6.45, 7) is 1.98. The zero-order chi connectivity index (χ0) is 28.6. The number of ether oxygens (including phenoxy) is 1. The van der Waals surface area contributed by atoms with Crippen LogP contribution in [0, 0.1) is 0 Å². The molecule has 1 amide bonds. The number of nitrogens with zero attached hydrogens (tertiary/aromatic N) is 2. The fraction of sp³-hybridized carbons (Fsp3) is 0.333. The highest BCUT2D eigenvalue weighted by Gasteiger charge is 2.43. The summed E-state index contributed by atoms with van der Waals surface area (Å²) in [5.74, 6) is -0.322. The molecular formula is C27H24ClF6N3O2. The molecule has 1 saturated heterocycles. The average Bonchev–Trinajstić information content (AvgIpc) is 3.18. The first kappa shape index (κ1) is 28.7. The zero-order valence-corrected chi connectivity index (χ0v) is 21.5. The van der Waals surface area contributed by atoms with E-state index in [-0.39, 0.29) is 18.1 Å². The molecule has 1 fully saturated rings. The van der Waals surface area contributed by atoms with Crippen LogP contribution in [-0.4, -0.2) is 29.7 Å². The molecule has 208 valence electrons. The Morgan fingerprint density at radius 3 is 2.31 bits per heavy atom. The van der Waals surface area contributed by atoms with Gasteiger partial charge in [0.05, 0.1) is 12.1 Å². The highest BCUT2D eigenvalue weighted by molar-refractivity contribution is 6.30. The molecule has 2 atom stereocenters. The Morgan fingerprint density at radius 2 is 1.72 bits per heavy atom. The summed E-state index contributed by atoms with van der Waals surface area (Å²) in [6, 6.07) is 13.5. The van der Waals surface area contributed by atoms with Gasteiger partial charge in [0.15, 0.2) is 6.61 Å². The van der Waals surface area contributed by atoms with Gasteiger partial charge in [0.25, 0.3) is 0 Å². The van der Waals surface area contributed by atoms with E-state index in [0.717, 1.165) is 12.3 Å². The minimum atomic E-state index is -4.58. The van der Waals surface area contributed by atoms with Crippen molar-refractivity contribution in [2.24, 2.45) is 0 Å². The molecule has 3 aromatic rings. The van der Waals surface area contributed by atoms with Crippen molar-refractivity contribution in [2.75, 3.05) is 11.5 Å². The van der Waals surface area contributed by atoms with Crippen LogP contribution in [0.4, 0.5) is 32.0 Å². The summed E-state index contributed by atoms with van der Waals surface area (Å²) < 4.78 is 81.8. The van der Waals surface area contributed by atoms with E-state index in [9.17, 15) is 31.1 Å². The maximum absolute atomic E-state index is 13.7. The molecule has 1 aliphatic rings. The lowest BCUT2D eigenvalue weighted by Crippen LogP contribution is -2.47. The summed E-state index contributed by atoms with van der Waals surface area (Å²) in [5, 5.41) is 3.69. The summed E-state index contributed by atoms with van der Waals surface area (Å²) in [4.78, 5) is 18.7. The summed E-state index contributed by atoms with van der Waals surface area (Å²) >= 11 is 6.02. The first-order valence-electron chi connectivity index (χ1n) is 11.8. The van der Waals surface area contributed by atoms with Gasteiger partial charge in [-0.3, -0.25) is 15.1 Å². The Hall–Kier alpha value is -3.31. The van der Waals surface area contributed by atoms with Crippen molar-refractivity contribution < 1.29 is 35.9 Å². The summed E-state index contributed by atoms with van der Waals surface area (Å²) in [5.41, 5.74) is -0.464. The van der Waals surface area contributed by atoms with Gasteiger partial charge in [-0.05, 0) is 73.9 Å². The second-order valence-electron chi connectivity index (χ2n) is 9.66. The SMILES string of the molecule is CC(C)(N[C@@H]1C[C@H](c2cccc(OCC(F)(F)F)c2)N(c2ccc(Cl)cc2)C1=O)c1ccc(C(F)(F)F)nc1. The lowest BCUT2D eigenvalue weighted by Gasteiger charge is -2.30. The van der Waals surface area contributed by atoms with Gasteiger partial charge in [0.1, 0.15) is 11.4 Å². The molecule has 0 aliphatic carbocycles. The van der Waals surface area contributed by atoms with Crippen molar-refractivity contribution >= 4 is 23.2 Å². The Balaban J connectivity index is 1.63. The number of aromatic nitrogens is 1. The maximum Gasteiger partial charge on any atom is 0.433 e. The van der Waals surface area contributed by atoms with Crippen molar-refractivity contribution in [3.05, 3.63) is 88.7 Å². The van der Waals surface area contributed by atoms with Crippen LogP contribution in [0.5, 0.6) is 5.75 Å². The van der Waals surface area contributed by atoms with Crippen molar-refractivity contribution in [3.63, 3.8) is 0 Å². The highest BCUT2D eigenvalue weighted by Crippen LogP contribution is 2.40. The third-order valence-electron chi connectivity index (χ3n) is 6.37. The number of anilines is 1. The minimum absolute atomic E-state index is 0.000831. The number of amides is 1. The monoisotopic (exact) mass is 571 g/mol. The lowest BCUT2D eigenvalue weighted by molar-refractivity contribution is -0.153. The largest absolute Gasteiger partial charge is 0.484 e. The van der Waals surface area contributed by atoms with Crippen molar-refractivity contribution in [3.8, 4) is 5.75 Å². The van der Waals surface area contributed by atoms with Gasteiger partial charge < -0.3 is 9.64 Å². The van der Waals surface area contributed by atoms with E-state index in [4.69, 9.17) is 16.3 Å². The molecule has 2 aromatic carbocycles. The first-order valence-corrected chi connectivity index (χ1v) is 12.2. The summed E-state index contributed by atoms with van der Waals surface area (Å²) in [6.07, 6.45) is -7.75. The van der Waals surface area contributed by atoms with Crippen molar-refractivity contribution in [1.82, 2.24) is 10.3 Å². The topological polar surface area (TPSA) is 54.5 Å². The standard InChI is InChI=1S/C27H24ClF6N3O2/c1-25(2,17-6-11-23(35-14-17)27(32,33)34)36-21-13-22(37(24(21)38)19-9-7-18(28)8-10-19)16-4-3-5-20(12-16)39-15-26(29,30)31/h3-12,14,21-22,36H,13,15H2,1-2H3/t21-,22-/m1/s1. The number of benzene rings is 2. The number of carbonyl (C=O) groups excluding carboxylic acids is 1. The van der Waals surface area contributed by atoms with Crippen LogP contribution in [0.2, 0.25) is 5.02 Å². The molecule has 0 bridgehead atoms. The van der Waals surface area contributed by atoms with Gasteiger partial charge in [-0.25, -0.2) is 0 Å². The Bertz CT molecular complexity index is 1310. The zero-order valence-electron chi connectivity index (χ0n) is 20.8. The normalized spacial score (nSPS) is 18.5. The highest BCUT2D eigenvalue weighted by atomic mass is 35.5. The van der Waals surface area contributed by atoms with E-state index >= 15 is 0 Å². The van der Waals surface area contributed by atoms with E-state index in [0.29, 0.717) is 21.8 Å². The second kappa shape index (κ2) is 10.7. The van der Waals surface area contributed by atoms with Gasteiger partial charge in [0, 0.05) is 22.4 Å². The van der Waals surface area contributed by atoms with Gasteiger partial charge >= 0.3 is 12.4 Å². The Morgan fingerprint density at radius 1 is 1.03 bits per heavy atom. The Kier molecular flexibility index (Phi) is 7.86. The fourth-order valence-electron chi connectivity index (χ4n) is 4.49. The third-order valence-corrected chi connectivity index (χ3v) is 6.62. The predicted molar refractivity (Wildman–Crippen MR) is 133 cm³/mol. The van der Waals surface area contributed by atoms with Crippen LogP contribution in [0.25, 0.3) is 0 Å². The lowest BCUT2D eigenvalue weighted by atomic mass is 9.93. The predicted octanol–water partition coefficient (Wildman–Crippen LogP) is 7.07.